The molecular formula is C22H39IN4O. The minimum Gasteiger partial charge on any atom is -0.381 e. The highest BCUT2D eigenvalue weighted by molar-refractivity contribution is 14.0. The third kappa shape index (κ3) is 10.6. The summed E-state index contributed by atoms with van der Waals surface area (Å²) in [6.07, 6.45) is 5.07. The average Bonchev–Trinajstić information content (AvgIpc) is 2.68. The molecule has 0 bridgehead atoms. The molecule has 1 saturated heterocycles. The first kappa shape index (κ1) is 25.2. The average molecular weight is 502 g/mol. The summed E-state index contributed by atoms with van der Waals surface area (Å²) in [6, 6.07) is 8.96. The molecule has 0 aromatic heterocycles. The first-order valence-electron chi connectivity index (χ1n) is 10.5. The number of aliphatic imine (C=N–C) groups is 1. The molecule has 1 fully saturated rings. The Morgan fingerprint density at radius 3 is 2.39 bits per heavy atom. The van der Waals surface area contributed by atoms with E-state index in [1.807, 2.05) is 7.05 Å². The second-order valence-corrected chi connectivity index (χ2v) is 7.83. The predicted molar refractivity (Wildman–Crippen MR) is 129 cm³/mol. The van der Waals surface area contributed by atoms with Crippen molar-refractivity contribution >= 4 is 29.9 Å². The number of halogens is 1. The number of guanidine groups is 1. The zero-order valence-electron chi connectivity index (χ0n) is 17.9. The molecule has 2 rings (SSSR count). The fourth-order valence-electron chi connectivity index (χ4n) is 3.24. The summed E-state index contributed by atoms with van der Waals surface area (Å²) in [6.45, 7) is 11.2. The van der Waals surface area contributed by atoms with E-state index in [-0.39, 0.29) is 24.0 Å². The number of ether oxygens (including phenoxy) is 1. The van der Waals surface area contributed by atoms with Crippen LogP contribution in [-0.4, -0.2) is 50.8 Å². The highest BCUT2D eigenvalue weighted by Gasteiger charge is 2.10. The molecule has 1 aromatic rings. The lowest BCUT2D eigenvalue weighted by atomic mass is 10.1. The molecule has 28 heavy (non-hydrogen) atoms. The summed E-state index contributed by atoms with van der Waals surface area (Å²) >= 11 is 0. The standard InChI is InChI=1S/C22H38N4O.HI/c1-19(2)18-27-15-7-12-24-22(23-3)25-16-20-8-10-21(11-9-20)17-26-13-5-4-6-14-26;/h8-11,19H,4-7,12-18H2,1-3H3,(H2,23,24,25);1H. The van der Waals surface area contributed by atoms with Crippen LogP contribution in [0.1, 0.15) is 50.7 Å². The zero-order valence-corrected chi connectivity index (χ0v) is 20.2. The van der Waals surface area contributed by atoms with Gasteiger partial charge in [-0.1, -0.05) is 44.5 Å². The number of hydrogen-bond acceptors (Lipinski definition) is 3. The van der Waals surface area contributed by atoms with Gasteiger partial charge in [-0.15, -0.1) is 24.0 Å². The van der Waals surface area contributed by atoms with Crippen LogP contribution >= 0.6 is 24.0 Å². The molecule has 2 N–H and O–H groups in total. The molecule has 1 aromatic carbocycles. The van der Waals surface area contributed by atoms with Gasteiger partial charge in [0.1, 0.15) is 0 Å². The first-order valence-corrected chi connectivity index (χ1v) is 10.5. The molecule has 1 heterocycles. The third-order valence-electron chi connectivity index (χ3n) is 4.77. The van der Waals surface area contributed by atoms with Crippen LogP contribution in [0.5, 0.6) is 0 Å². The van der Waals surface area contributed by atoms with Crippen molar-refractivity contribution in [2.75, 3.05) is 39.9 Å². The summed E-state index contributed by atoms with van der Waals surface area (Å²) < 4.78 is 5.60. The molecule has 0 amide bonds. The van der Waals surface area contributed by atoms with Crippen LogP contribution < -0.4 is 10.6 Å². The molecule has 1 aliphatic heterocycles. The molecule has 0 spiro atoms. The minimum atomic E-state index is 0. The maximum Gasteiger partial charge on any atom is 0.191 e. The summed E-state index contributed by atoms with van der Waals surface area (Å²) in [7, 11) is 1.81. The summed E-state index contributed by atoms with van der Waals surface area (Å²) in [4.78, 5) is 6.85. The topological polar surface area (TPSA) is 48.9 Å². The van der Waals surface area contributed by atoms with E-state index in [2.05, 4.69) is 58.6 Å². The van der Waals surface area contributed by atoms with Crippen LogP contribution in [0.3, 0.4) is 0 Å². The SMILES string of the molecule is CN=C(NCCCOCC(C)C)NCc1ccc(CN2CCCCC2)cc1.I. The fraction of sp³-hybridized carbons (Fsp3) is 0.682. The van der Waals surface area contributed by atoms with Crippen molar-refractivity contribution in [3.8, 4) is 0 Å². The van der Waals surface area contributed by atoms with E-state index in [9.17, 15) is 0 Å². The van der Waals surface area contributed by atoms with E-state index >= 15 is 0 Å². The van der Waals surface area contributed by atoms with Crippen LogP contribution in [0.4, 0.5) is 0 Å². The lowest BCUT2D eigenvalue weighted by Crippen LogP contribution is -2.37. The number of piperidine rings is 1. The molecular weight excluding hydrogens is 463 g/mol. The number of rotatable bonds is 10. The quantitative estimate of drug-likeness (QED) is 0.220. The lowest BCUT2D eigenvalue weighted by Gasteiger charge is -2.26. The molecule has 0 atom stereocenters. The van der Waals surface area contributed by atoms with E-state index in [1.54, 1.807) is 0 Å². The van der Waals surface area contributed by atoms with Crippen molar-refractivity contribution in [3.63, 3.8) is 0 Å². The van der Waals surface area contributed by atoms with Crippen molar-refractivity contribution in [1.82, 2.24) is 15.5 Å². The number of nitrogens with one attached hydrogen (secondary N) is 2. The molecule has 0 saturated carbocycles. The zero-order chi connectivity index (χ0) is 19.3. The number of nitrogens with zero attached hydrogens (tertiary/aromatic N) is 2. The Labute approximate surface area is 188 Å². The Bertz CT molecular complexity index is 542. The van der Waals surface area contributed by atoms with Crippen LogP contribution in [0.25, 0.3) is 0 Å². The number of hydrogen-bond donors (Lipinski definition) is 2. The first-order chi connectivity index (χ1) is 13.2. The Morgan fingerprint density at radius 2 is 1.75 bits per heavy atom. The summed E-state index contributed by atoms with van der Waals surface area (Å²) in [5, 5.41) is 6.73. The van der Waals surface area contributed by atoms with Crippen molar-refractivity contribution in [1.29, 1.82) is 0 Å². The van der Waals surface area contributed by atoms with Gasteiger partial charge in [-0.25, -0.2) is 0 Å². The third-order valence-corrected chi connectivity index (χ3v) is 4.77. The van der Waals surface area contributed by atoms with Gasteiger partial charge >= 0.3 is 0 Å². The number of likely N-dealkylation sites (tertiary alicyclic amines) is 1. The predicted octanol–water partition coefficient (Wildman–Crippen LogP) is 4.02. The maximum absolute atomic E-state index is 5.60. The Balaban J connectivity index is 0.00000392. The second-order valence-electron chi connectivity index (χ2n) is 7.83. The van der Waals surface area contributed by atoms with E-state index in [1.165, 1.54) is 43.5 Å². The van der Waals surface area contributed by atoms with Gasteiger partial charge in [0.25, 0.3) is 0 Å². The highest BCUT2D eigenvalue weighted by atomic mass is 127. The van der Waals surface area contributed by atoms with Crippen molar-refractivity contribution in [2.45, 2.75) is 52.6 Å². The monoisotopic (exact) mass is 502 g/mol. The van der Waals surface area contributed by atoms with Crippen LogP contribution in [0.2, 0.25) is 0 Å². The van der Waals surface area contributed by atoms with Gasteiger partial charge in [0.15, 0.2) is 5.96 Å². The molecule has 1 aliphatic rings. The van der Waals surface area contributed by atoms with Gasteiger partial charge in [0.05, 0.1) is 0 Å². The summed E-state index contributed by atoms with van der Waals surface area (Å²) in [5.74, 6) is 1.44. The van der Waals surface area contributed by atoms with Gasteiger partial charge in [-0.3, -0.25) is 9.89 Å². The Hall–Kier alpha value is -0.860. The second kappa shape index (κ2) is 15.0. The smallest absolute Gasteiger partial charge is 0.191 e. The minimum absolute atomic E-state index is 0. The summed E-state index contributed by atoms with van der Waals surface area (Å²) in [5.41, 5.74) is 2.69. The highest BCUT2D eigenvalue weighted by Crippen LogP contribution is 2.13. The molecule has 0 radical (unpaired) electrons. The molecule has 160 valence electrons. The van der Waals surface area contributed by atoms with E-state index < -0.39 is 0 Å². The Morgan fingerprint density at radius 1 is 1.07 bits per heavy atom. The van der Waals surface area contributed by atoms with Crippen molar-refractivity contribution in [3.05, 3.63) is 35.4 Å². The normalized spacial score (nSPS) is 15.4. The van der Waals surface area contributed by atoms with E-state index in [4.69, 9.17) is 4.74 Å². The van der Waals surface area contributed by atoms with Crippen LogP contribution in [-0.2, 0) is 17.8 Å². The van der Waals surface area contributed by atoms with Gasteiger partial charge in [-0.05, 0) is 49.4 Å². The molecule has 0 unspecified atom stereocenters. The van der Waals surface area contributed by atoms with Gasteiger partial charge in [0, 0.05) is 39.9 Å². The van der Waals surface area contributed by atoms with Crippen molar-refractivity contribution in [2.24, 2.45) is 10.9 Å². The van der Waals surface area contributed by atoms with Gasteiger partial charge in [-0.2, -0.15) is 0 Å². The molecule has 0 aliphatic carbocycles. The largest absolute Gasteiger partial charge is 0.381 e. The fourth-order valence-corrected chi connectivity index (χ4v) is 3.24. The lowest BCUT2D eigenvalue weighted by molar-refractivity contribution is 0.108. The van der Waals surface area contributed by atoms with Crippen LogP contribution in [0, 0.1) is 5.92 Å². The Kier molecular flexibility index (Phi) is 13.5. The van der Waals surface area contributed by atoms with Gasteiger partial charge < -0.3 is 15.4 Å². The van der Waals surface area contributed by atoms with Gasteiger partial charge in [0.2, 0.25) is 0 Å². The maximum atomic E-state index is 5.60. The van der Waals surface area contributed by atoms with E-state index in [0.717, 1.165) is 45.2 Å². The number of benzene rings is 1. The van der Waals surface area contributed by atoms with Crippen LogP contribution in [0.15, 0.2) is 29.3 Å². The van der Waals surface area contributed by atoms with Crippen molar-refractivity contribution < 1.29 is 4.74 Å². The molecule has 6 heteroatoms. The van der Waals surface area contributed by atoms with E-state index in [0.29, 0.717) is 5.92 Å². The molecule has 5 nitrogen and oxygen atoms in total.